The first kappa shape index (κ1) is 22.5. The fourth-order valence-corrected chi connectivity index (χ4v) is 4.84. The van der Waals surface area contributed by atoms with Crippen molar-refractivity contribution in [3.63, 3.8) is 0 Å². The van der Waals surface area contributed by atoms with Crippen LogP contribution in [0.3, 0.4) is 0 Å². The second-order valence-corrected chi connectivity index (χ2v) is 9.55. The van der Waals surface area contributed by atoms with Crippen LogP contribution in [-0.2, 0) is 25.7 Å². The van der Waals surface area contributed by atoms with Crippen LogP contribution in [0.25, 0.3) is 22.0 Å². The van der Waals surface area contributed by atoms with Crippen molar-refractivity contribution in [3.05, 3.63) is 87.6 Å². The number of amides is 1. The Labute approximate surface area is 200 Å². The van der Waals surface area contributed by atoms with Gasteiger partial charge < -0.3 is 10.0 Å². The number of fused-ring (bicyclic) bond motifs is 2. The van der Waals surface area contributed by atoms with Gasteiger partial charge in [0.25, 0.3) is 5.91 Å². The van der Waals surface area contributed by atoms with Gasteiger partial charge in [-0.1, -0.05) is 35.9 Å². The number of hydrogen-bond acceptors (Lipinski definition) is 3. The number of aromatic nitrogens is 2. The smallest absolute Gasteiger partial charge is 0.257 e. The van der Waals surface area contributed by atoms with Crippen LogP contribution in [0, 0.1) is 11.6 Å². The van der Waals surface area contributed by atoms with Gasteiger partial charge >= 0.3 is 0 Å². The first-order chi connectivity index (χ1) is 16.0. The van der Waals surface area contributed by atoms with E-state index in [-0.39, 0.29) is 29.2 Å². The van der Waals surface area contributed by atoms with Gasteiger partial charge in [-0.25, -0.2) is 8.78 Å². The van der Waals surface area contributed by atoms with Gasteiger partial charge in [0.15, 0.2) is 0 Å². The highest BCUT2D eigenvalue weighted by molar-refractivity contribution is 6.31. The quantitative estimate of drug-likeness (QED) is 0.415. The average molecular weight is 482 g/mol. The molecule has 1 amide bonds. The van der Waals surface area contributed by atoms with E-state index in [1.807, 2.05) is 12.3 Å². The molecule has 8 heteroatoms. The zero-order valence-electron chi connectivity index (χ0n) is 18.9. The van der Waals surface area contributed by atoms with Gasteiger partial charge in [-0.2, -0.15) is 5.10 Å². The third kappa shape index (κ3) is 3.65. The Hall–Kier alpha value is -3.29. The SMILES string of the molecule is Cn1cc2c(-c3cc(F)c(CN4Cc5cccc(F)c5C4=O)c(Cl)c3)ccc(C(C)(C)O)c2n1. The third-order valence-electron chi connectivity index (χ3n) is 6.21. The van der Waals surface area contributed by atoms with Crippen LogP contribution < -0.4 is 0 Å². The molecule has 0 aliphatic carbocycles. The highest BCUT2D eigenvalue weighted by atomic mass is 35.5. The Morgan fingerprint density at radius 3 is 2.59 bits per heavy atom. The lowest BCUT2D eigenvalue weighted by atomic mass is 9.92. The minimum Gasteiger partial charge on any atom is -0.386 e. The lowest BCUT2D eigenvalue weighted by Crippen LogP contribution is -2.24. The van der Waals surface area contributed by atoms with Crippen molar-refractivity contribution >= 4 is 28.4 Å². The minimum absolute atomic E-state index is 0.0292. The van der Waals surface area contributed by atoms with Crippen molar-refractivity contribution in [1.29, 1.82) is 0 Å². The number of aryl methyl sites for hydroxylation is 1. The van der Waals surface area contributed by atoms with Crippen molar-refractivity contribution < 1.29 is 18.7 Å². The Morgan fingerprint density at radius 1 is 1.15 bits per heavy atom. The number of carbonyl (C=O) groups excluding carboxylic acids is 1. The summed E-state index contributed by atoms with van der Waals surface area (Å²) < 4.78 is 31.1. The number of halogens is 3. The molecule has 1 aromatic heterocycles. The highest BCUT2D eigenvalue weighted by Gasteiger charge is 2.31. The summed E-state index contributed by atoms with van der Waals surface area (Å²) in [5, 5.41) is 15.9. The molecular formula is C26H22ClF2N3O2. The van der Waals surface area contributed by atoms with Crippen molar-refractivity contribution in [1.82, 2.24) is 14.7 Å². The van der Waals surface area contributed by atoms with Crippen LogP contribution >= 0.6 is 11.6 Å². The first-order valence-electron chi connectivity index (χ1n) is 10.8. The molecule has 2 heterocycles. The maximum Gasteiger partial charge on any atom is 0.257 e. The predicted octanol–water partition coefficient (Wildman–Crippen LogP) is 5.56. The molecular weight excluding hydrogens is 460 g/mol. The Bertz CT molecular complexity index is 1450. The number of aliphatic hydroxyl groups is 1. The van der Waals surface area contributed by atoms with Gasteiger partial charge in [-0.3, -0.25) is 9.48 Å². The maximum atomic E-state index is 15.3. The molecule has 5 rings (SSSR count). The minimum atomic E-state index is -1.10. The summed E-state index contributed by atoms with van der Waals surface area (Å²) in [6.45, 7) is 3.49. The van der Waals surface area contributed by atoms with E-state index in [4.69, 9.17) is 11.6 Å². The summed E-state index contributed by atoms with van der Waals surface area (Å²) in [5.74, 6) is -1.62. The summed E-state index contributed by atoms with van der Waals surface area (Å²) in [7, 11) is 1.78. The number of carbonyl (C=O) groups is 1. The molecule has 34 heavy (non-hydrogen) atoms. The average Bonchev–Trinajstić information content (AvgIpc) is 3.29. The zero-order valence-corrected chi connectivity index (χ0v) is 19.6. The molecule has 0 fully saturated rings. The van der Waals surface area contributed by atoms with Crippen LogP contribution in [0.1, 0.15) is 40.9 Å². The summed E-state index contributed by atoms with van der Waals surface area (Å²) >= 11 is 6.50. The molecule has 0 spiro atoms. The zero-order chi connectivity index (χ0) is 24.4. The second kappa shape index (κ2) is 7.89. The topological polar surface area (TPSA) is 58.4 Å². The predicted molar refractivity (Wildman–Crippen MR) is 126 cm³/mol. The molecule has 1 aliphatic heterocycles. The molecule has 0 unspecified atom stereocenters. The molecule has 0 atom stereocenters. The second-order valence-electron chi connectivity index (χ2n) is 9.14. The van der Waals surface area contributed by atoms with Gasteiger partial charge in [0.05, 0.1) is 23.2 Å². The number of rotatable bonds is 4. The lowest BCUT2D eigenvalue weighted by Gasteiger charge is -2.20. The molecule has 5 nitrogen and oxygen atoms in total. The molecule has 0 radical (unpaired) electrons. The Balaban J connectivity index is 1.52. The summed E-state index contributed by atoms with van der Waals surface area (Å²) in [4.78, 5) is 14.1. The van der Waals surface area contributed by atoms with Crippen molar-refractivity contribution in [2.45, 2.75) is 32.5 Å². The maximum absolute atomic E-state index is 15.3. The molecule has 3 aromatic carbocycles. The van der Waals surface area contributed by atoms with Gasteiger partial charge in [0.1, 0.15) is 11.6 Å². The summed E-state index contributed by atoms with van der Waals surface area (Å²) in [6, 6.07) is 11.1. The molecule has 1 aliphatic rings. The van der Waals surface area contributed by atoms with E-state index in [1.54, 1.807) is 49.8 Å². The van der Waals surface area contributed by atoms with Crippen LogP contribution in [0.15, 0.2) is 48.7 Å². The fraction of sp³-hybridized carbons (Fsp3) is 0.231. The first-order valence-corrected chi connectivity index (χ1v) is 11.2. The molecule has 174 valence electrons. The Morgan fingerprint density at radius 2 is 1.91 bits per heavy atom. The normalized spacial score (nSPS) is 13.7. The van der Waals surface area contributed by atoms with E-state index in [1.165, 1.54) is 17.0 Å². The summed E-state index contributed by atoms with van der Waals surface area (Å²) in [6.07, 6.45) is 1.81. The third-order valence-corrected chi connectivity index (χ3v) is 6.55. The van der Waals surface area contributed by atoms with E-state index in [9.17, 15) is 14.3 Å². The summed E-state index contributed by atoms with van der Waals surface area (Å²) in [5.41, 5.74) is 2.22. The largest absolute Gasteiger partial charge is 0.386 e. The lowest BCUT2D eigenvalue weighted by molar-refractivity contribution is 0.0761. The van der Waals surface area contributed by atoms with E-state index in [0.717, 1.165) is 10.9 Å². The molecule has 0 bridgehead atoms. The molecule has 0 saturated carbocycles. The molecule has 0 saturated heterocycles. The van der Waals surface area contributed by atoms with E-state index in [0.29, 0.717) is 22.2 Å². The van der Waals surface area contributed by atoms with Crippen LogP contribution in [0.5, 0.6) is 0 Å². The van der Waals surface area contributed by atoms with Crippen LogP contribution in [0.2, 0.25) is 5.02 Å². The van der Waals surface area contributed by atoms with Crippen molar-refractivity contribution in [3.8, 4) is 11.1 Å². The van der Waals surface area contributed by atoms with E-state index >= 15 is 4.39 Å². The van der Waals surface area contributed by atoms with Gasteiger partial charge in [0, 0.05) is 41.3 Å². The number of benzene rings is 3. The van der Waals surface area contributed by atoms with Gasteiger partial charge in [-0.05, 0) is 48.7 Å². The van der Waals surface area contributed by atoms with E-state index < -0.39 is 23.1 Å². The Kier molecular flexibility index (Phi) is 5.22. The molecule has 4 aromatic rings. The monoisotopic (exact) mass is 481 g/mol. The fourth-order valence-electron chi connectivity index (χ4n) is 4.57. The van der Waals surface area contributed by atoms with Gasteiger partial charge in [-0.15, -0.1) is 0 Å². The number of nitrogens with zero attached hydrogens (tertiary/aromatic N) is 3. The number of hydrogen-bond donors (Lipinski definition) is 1. The van der Waals surface area contributed by atoms with Crippen LogP contribution in [0.4, 0.5) is 8.78 Å². The van der Waals surface area contributed by atoms with Crippen molar-refractivity contribution in [2.24, 2.45) is 7.05 Å². The molecule has 1 N–H and O–H groups in total. The van der Waals surface area contributed by atoms with E-state index in [2.05, 4.69) is 5.10 Å². The highest BCUT2D eigenvalue weighted by Crippen LogP contribution is 2.37. The standard InChI is InChI=1S/C26H22ClF2N3O2/c1-26(2,34)19-8-7-16(17-12-31(3)30-24(17)19)15-9-20(27)18(22(29)10-15)13-32-11-14-5-4-6-21(28)23(14)25(32)33/h4-10,12,34H,11,13H2,1-3H3. The van der Waals surface area contributed by atoms with Crippen molar-refractivity contribution in [2.75, 3.05) is 0 Å². The van der Waals surface area contributed by atoms with Crippen LogP contribution in [-0.4, -0.2) is 25.7 Å². The van der Waals surface area contributed by atoms with Gasteiger partial charge in [0.2, 0.25) is 0 Å².